The van der Waals surface area contributed by atoms with Crippen LogP contribution in [-0.4, -0.2) is 15.6 Å². The van der Waals surface area contributed by atoms with E-state index < -0.39 is 5.97 Å². The van der Waals surface area contributed by atoms with Gasteiger partial charge in [-0.05, 0) is 36.6 Å². The lowest BCUT2D eigenvalue weighted by molar-refractivity contribution is 0.0685. The molecule has 0 amide bonds. The van der Waals surface area contributed by atoms with Gasteiger partial charge in [-0.25, -0.2) is 4.79 Å². The van der Waals surface area contributed by atoms with Crippen molar-refractivity contribution in [3.05, 3.63) is 35.5 Å². The maximum Gasteiger partial charge on any atom is 0.352 e. The largest absolute Gasteiger partial charge is 0.477 e. The summed E-state index contributed by atoms with van der Waals surface area (Å²) in [6.45, 7) is 2.63. The lowest BCUT2D eigenvalue weighted by atomic mass is 10.1. The van der Waals surface area contributed by atoms with Gasteiger partial charge in [-0.15, -0.1) is 0 Å². The van der Waals surface area contributed by atoms with Gasteiger partial charge in [-0.3, -0.25) is 0 Å². The van der Waals surface area contributed by atoms with E-state index in [0.29, 0.717) is 25.1 Å². The molecule has 0 aliphatic carbocycles. The van der Waals surface area contributed by atoms with Crippen molar-refractivity contribution < 1.29 is 9.90 Å². The highest BCUT2D eigenvalue weighted by Crippen LogP contribution is 2.22. The molecule has 0 spiro atoms. The number of nitrogens with zero attached hydrogens (tertiary/aromatic N) is 2. The van der Waals surface area contributed by atoms with Gasteiger partial charge < -0.3 is 9.67 Å². The van der Waals surface area contributed by atoms with Crippen LogP contribution < -0.4 is 0 Å². The molecule has 0 bridgehead atoms. The van der Waals surface area contributed by atoms with Crippen LogP contribution in [0.5, 0.6) is 0 Å². The van der Waals surface area contributed by atoms with Crippen molar-refractivity contribution in [3.63, 3.8) is 0 Å². The number of aromatic nitrogens is 1. The molecule has 0 atom stereocenters. The summed E-state index contributed by atoms with van der Waals surface area (Å²) in [6, 6.07) is 9.81. The topological polar surface area (TPSA) is 66.0 Å². The summed E-state index contributed by atoms with van der Waals surface area (Å²) in [5.74, 6) is -0.925. The van der Waals surface area contributed by atoms with Gasteiger partial charge >= 0.3 is 5.97 Å². The van der Waals surface area contributed by atoms with E-state index in [-0.39, 0.29) is 0 Å². The van der Waals surface area contributed by atoms with Crippen LogP contribution in [0.1, 0.15) is 35.8 Å². The number of aryl methyl sites for hydroxylation is 2. The SMILES string of the molecule is CCc1ccc2c(c1)cc(C(=O)O)n2CCCC#N. The number of nitriles is 1. The molecule has 1 N–H and O–H groups in total. The van der Waals surface area contributed by atoms with Gasteiger partial charge in [0.1, 0.15) is 5.69 Å². The van der Waals surface area contributed by atoms with Crippen molar-refractivity contribution in [2.75, 3.05) is 0 Å². The first-order chi connectivity index (χ1) is 9.17. The van der Waals surface area contributed by atoms with Crippen LogP contribution in [0.3, 0.4) is 0 Å². The summed E-state index contributed by atoms with van der Waals surface area (Å²) < 4.78 is 1.79. The number of unbranched alkanes of at least 4 members (excludes halogenated alkanes) is 1. The maximum absolute atomic E-state index is 11.3. The Kier molecular flexibility index (Phi) is 3.86. The van der Waals surface area contributed by atoms with E-state index in [2.05, 4.69) is 13.0 Å². The second kappa shape index (κ2) is 5.57. The average molecular weight is 256 g/mol. The predicted octanol–water partition coefficient (Wildman–Crippen LogP) is 3.21. The summed E-state index contributed by atoms with van der Waals surface area (Å²) in [6.07, 6.45) is 2.03. The number of carboxylic acids is 1. The fourth-order valence-electron chi connectivity index (χ4n) is 2.27. The molecular weight excluding hydrogens is 240 g/mol. The lowest BCUT2D eigenvalue weighted by Gasteiger charge is -2.07. The van der Waals surface area contributed by atoms with Gasteiger partial charge in [-0.2, -0.15) is 5.26 Å². The first-order valence-electron chi connectivity index (χ1n) is 6.39. The minimum Gasteiger partial charge on any atom is -0.477 e. The van der Waals surface area contributed by atoms with Gasteiger partial charge in [0, 0.05) is 23.9 Å². The first kappa shape index (κ1) is 13.2. The second-order valence-electron chi connectivity index (χ2n) is 4.49. The lowest BCUT2D eigenvalue weighted by Crippen LogP contribution is -2.08. The molecule has 0 aliphatic heterocycles. The van der Waals surface area contributed by atoms with Crippen molar-refractivity contribution >= 4 is 16.9 Å². The quantitative estimate of drug-likeness (QED) is 0.835. The molecule has 2 aromatic rings. The van der Waals surface area contributed by atoms with Gasteiger partial charge in [0.15, 0.2) is 0 Å². The van der Waals surface area contributed by atoms with E-state index in [4.69, 9.17) is 5.26 Å². The van der Waals surface area contributed by atoms with Crippen molar-refractivity contribution in [1.82, 2.24) is 4.57 Å². The molecule has 0 radical (unpaired) electrons. The van der Waals surface area contributed by atoms with Crippen LogP contribution in [0.4, 0.5) is 0 Å². The van der Waals surface area contributed by atoms with E-state index in [9.17, 15) is 9.90 Å². The molecule has 0 saturated heterocycles. The minimum atomic E-state index is -0.925. The zero-order valence-corrected chi connectivity index (χ0v) is 10.9. The van der Waals surface area contributed by atoms with Crippen LogP contribution in [0, 0.1) is 11.3 Å². The normalized spacial score (nSPS) is 10.5. The Morgan fingerprint density at radius 3 is 2.84 bits per heavy atom. The number of hydrogen-bond donors (Lipinski definition) is 1. The Bertz CT molecular complexity index is 650. The molecule has 98 valence electrons. The number of benzene rings is 1. The van der Waals surface area contributed by atoms with Crippen molar-refractivity contribution in [1.29, 1.82) is 5.26 Å². The molecule has 2 rings (SSSR count). The Balaban J connectivity index is 2.48. The number of aromatic carboxylic acids is 1. The third-order valence-corrected chi connectivity index (χ3v) is 3.26. The van der Waals surface area contributed by atoms with Crippen molar-refractivity contribution in [2.45, 2.75) is 32.7 Å². The van der Waals surface area contributed by atoms with Crippen molar-refractivity contribution in [2.24, 2.45) is 0 Å². The van der Waals surface area contributed by atoms with Crippen LogP contribution >= 0.6 is 0 Å². The number of rotatable bonds is 5. The number of hydrogen-bond acceptors (Lipinski definition) is 2. The Morgan fingerprint density at radius 1 is 1.42 bits per heavy atom. The summed E-state index contributed by atoms with van der Waals surface area (Å²) in [5.41, 5.74) is 2.41. The fourth-order valence-corrected chi connectivity index (χ4v) is 2.27. The molecule has 4 nitrogen and oxygen atoms in total. The van der Waals surface area contributed by atoms with Gasteiger partial charge in [0.05, 0.1) is 6.07 Å². The third-order valence-electron chi connectivity index (χ3n) is 3.26. The molecule has 0 saturated carbocycles. The number of carboxylic acid groups (broad SMARTS) is 1. The second-order valence-corrected chi connectivity index (χ2v) is 4.49. The zero-order chi connectivity index (χ0) is 13.8. The van der Waals surface area contributed by atoms with E-state index >= 15 is 0 Å². The van der Waals surface area contributed by atoms with Crippen LogP contribution in [0.15, 0.2) is 24.3 Å². The molecule has 0 fully saturated rings. The highest BCUT2D eigenvalue weighted by molar-refractivity contribution is 5.94. The smallest absolute Gasteiger partial charge is 0.352 e. The number of fused-ring (bicyclic) bond motifs is 1. The molecule has 0 unspecified atom stereocenters. The molecule has 1 aromatic carbocycles. The van der Waals surface area contributed by atoms with Crippen LogP contribution in [-0.2, 0) is 13.0 Å². The van der Waals surface area contributed by atoms with Crippen LogP contribution in [0.2, 0.25) is 0 Å². The zero-order valence-electron chi connectivity index (χ0n) is 10.9. The molecule has 19 heavy (non-hydrogen) atoms. The maximum atomic E-state index is 11.3. The van der Waals surface area contributed by atoms with E-state index in [1.807, 2.05) is 18.2 Å². The summed E-state index contributed by atoms with van der Waals surface area (Å²) >= 11 is 0. The fraction of sp³-hybridized carbons (Fsp3) is 0.333. The third kappa shape index (κ3) is 2.60. The van der Waals surface area contributed by atoms with E-state index in [0.717, 1.165) is 17.3 Å². The average Bonchev–Trinajstić information content (AvgIpc) is 2.77. The monoisotopic (exact) mass is 256 g/mol. The molecule has 4 heteroatoms. The molecule has 1 heterocycles. The van der Waals surface area contributed by atoms with Gasteiger partial charge in [0.25, 0.3) is 0 Å². The van der Waals surface area contributed by atoms with Crippen molar-refractivity contribution in [3.8, 4) is 6.07 Å². The number of carbonyl (C=O) groups is 1. The Morgan fingerprint density at radius 2 is 2.21 bits per heavy atom. The Hall–Kier alpha value is -2.28. The summed E-state index contributed by atoms with van der Waals surface area (Å²) in [7, 11) is 0. The molecule has 1 aromatic heterocycles. The summed E-state index contributed by atoms with van der Waals surface area (Å²) in [5, 5.41) is 18.8. The Labute approximate surface area is 111 Å². The molecule has 0 aliphatic rings. The van der Waals surface area contributed by atoms with Gasteiger partial charge in [0.2, 0.25) is 0 Å². The van der Waals surface area contributed by atoms with Crippen LogP contribution in [0.25, 0.3) is 10.9 Å². The first-order valence-corrected chi connectivity index (χ1v) is 6.39. The van der Waals surface area contributed by atoms with E-state index in [1.165, 1.54) is 5.56 Å². The minimum absolute atomic E-state index is 0.293. The molecular formula is C15H16N2O2. The van der Waals surface area contributed by atoms with E-state index in [1.54, 1.807) is 10.6 Å². The highest BCUT2D eigenvalue weighted by Gasteiger charge is 2.14. The highest BCUT2D eigenvalue weighted by atomic mass is 16.4. The standard InChI is InChI=1S/C15H16N2O2/c1-2-11-5-6-13-12(9-11)10-14(15(18)19)17(13)8-4-3-7-16/h5-6,9-10H,2-4,8H2,1H3,(H,18,19). The predicted molar refractivity (Wildman–Crippen MR) is 73.1 cm³/mol. The van der Waals surface area contributed by atoms with Gasteiger partial charge in [-0.1, -0.05) is 13.0 Å². The summed E-state index contributed by atoms with van der Waals surface area (Å²) in [4.78, 5) is 11.3.